The first-order chi connectivity index (χ1) is 9.83. The van der Waals surface area contributed by atoms with E-state index in [-0.39, 0.29) is 6.10 Å². The molecule has 1 N–H and O–H groups in total. The maximum absolute atomic E-state index is 5.93. The van der Waals surface area contributed by atoms with Crippen LogP contribution in [0.15, 0.2) is 54.6 Å². The Kier molecular flexibility index (Phi) is 3.88. The average Bonchev–Trinajstić information content (AvgIpc) is 2.53. The number of hydrogen-bond acceptors (Lipinski definition) is 3. The van der Waals surface area contributed by atoms with Crippen molar-refractivity contribution in [2.45, 2.75) is 19.1 Å². The number of nitrogens with one attached hydrogen (secondary N) is 1. The third kappa shape index (κ3) is 2.94. The Labute approximate surface area is 119 Å². The van der Waals surface area contributed by atoms with E-state index in [4.69, 9.17) is 9.47 Å². The van der Waals surface area contributed by atoms with Gasteiger partial charge in [-0.2, -0.15) is 0 Å². The zero-order valence-corrected chi connectivity index (χ0v) is 11.6. The van der Waals surface area contributed by atoms with Crippen molar-refractivity contribution in [1.82, 2.24) is 5.32 Å². The van der Waals surface area contributed by atoms with Gasteiger partial charge < -0.3 is 14.8 Å². The van der Waals surface area contributed by atoms with E-state index in [1.807, 2.05) is 30.3 Å². The first-order valence-electron chi connectivity index (χ1n) is 7.00. The molecule has 0 amide bonds. The molecule has 2 atom stereocenters. The zero-order valence-electron chi connectivity index (χ0n) is 11.6. The van der Waals surface area contributed by atoms with Gasteiger partial charge in [0.2, 0.25) is 0 Å². The van der Waals surface area contributed by atoms with Gasteiger partial charge in [0.1, 0.15) is 12.7 Å². The van der Waals surface area contributed by atoms with Crippen molar-refractivity contribution in [3.63, 3.8) is 0 Å². The van der Waals surface area contributed by atoms with Crippen LogP contribution >= 0.6 is 0 Å². The van der Waals surface area contributed by atoms with Crippen molar-refractivity contribution in [3.8, 4) is 11.5 Å². The van der Waals surface area contributed by atoms with Crippen molar-refractivity contribution < 1.29 is 9.47 Å². The quantitative estimate of drug-likeness (QED) is 0.924. The maximum Gasteiger partial charge on any atom is 0.161 e. The van der Waals surface area contributed by atoms with Gasteiger partial charge in [0, 0.05) is 12.6 Å². The molecule has 3 heteroatoms. The van der Waals surface area contributed by atoms with Crippen LogP contribution in [0.4, 0.5) is 0 Å². The predicted octanol–water partition coefficient (Wildman–Crippen LogP) is 3.18. The fraction of sp³-hybridized carbons (Fsp3) is 0.294. The summed E-state index contributed by atoms with van der Waals surface area (Å²) in [6.07, 6.45) is 0.0519. The minimum absolute atomic E-state index is 0.0519. The molecule has 1 aliphatic rings. The number of hydrogen-bond donors (Lipinski definition) is 1. The van der Waals surface area contributed by atoms with Crippen LogP contribution in [0.5, 0.6) is 11.5 Å². The molecule has 104 valence electrons. The van der Waals surface area contributed by atoms with Gasteiger partial charge in [-0.15, -0.1) is 0 Å². The van der Waals surface area contributed by atoms with Crippen molar-refractivity contribution in [1.29, 1.82) is 0 Å². The summed E-state index contributed by atoms with van der Waals surface area (Å²) in [4.78, 5) is 0. The highest BCUT2D eigenvalue weighted by Crippen LogP contribution is 2.30. The molecule has 1 heterocycles. The fourth-order valence-electron chi connectivity index (χ4n) is 2.33. The summed E-state index contributed by atoms with van der Waals surface area (Å²) in [5, 5.41) is 3.49. The molecule has 0 spiro atoms. The molecule has 2 aromatic rings. The molecule has 1 unspecified atom stereocenters. The van der Waals surface area contributed by atoms with Crippen molar-refractivity contribution in [3.05, 3.63) is 60.2 Å². The molecule has 0 aliphatic carbocycles. The smallest absolute Gasteiger partial charge is 0.161 e. The molecule has 3 rings (SSSR count). The van der Waals surface area contributed by atoms with Crippen LogP contribution < -0.4 is 14.8 Å². The summed E-state index contributed by atoms with van der Waals surface area (Å²) in [5.74, 6) is 1.66. The highest BCUT2D eigenvalue weighted by Gasteiger charge is 2.20. The Morgan fingerprint density at radius 1 is 1.05 bits per heavy atom. The molecule has 20 heavy (non-hydrogen) atoms. The third-order valence-electron chi connectivity index (χ3n) is 3.52. The van der Waals surface area contributed by atoms with Crippen molar-refractivity contribution >= 4 is 0 Å². The lowest BCUT2D eigenvalue weighted by Crippen LogP contribution is -2.39. The highest BCUT2D eigenvalue weighted by atomic mass is 16.6. The van der Waals surface area contributed by atoms with Crippen LogP contribution in [0.25, 0.3) is 0 Å². The summed E-state index contributed by atoms with van der Waals surface area (Å²) in [7, 11) is 0. The number of benzene rings is 2. The lowest BCUT2D eigenvalue weighted by Gasteiger charge is -2.27. The molecule has 0 saturated carbocycles. The van der Waals surface area contributed by atoms with Gasteiger partial charge in [-0.1, -0.05) is 42.5 Å². The molecule has 0 aromatic heterocycles. The van der Waals surface area contributed by atoms with E-state index in [0.29, 0.717) is 12.6 Å². The molecular weight excluding hydrogens is 250 g/mol. The second-order valence-corrected chi connectivity index (χ2v) is 5.04. The SMILES string of the molecule is C[C@@H](NCC1COc2ccccc2O1)c1ccccc1. The molecule has 3 nitrogen and oxygen atoms in total. The zero-order chi connectivity index (χ0) is 13.8. The molecule has 0 fully saturated rings. The second kappa shape index (κ2) is 5.97. The van der Waals surface area contributed by atoms with Crippen molar-refractivity contribution in [2.24, 2.45) is 0 Å². The van der Waals surface area contributed by atoms with Crippen LogP contribution in [0, 0.1) is 0 Å². The van der Waals surface area contributed by atoms with E-state index >= 15 is 0 Å². The summed E-state index contributed by atoms with van der Waals surface area (Å²) < 4.78 is 11.6. The second-order valence-electron chi connectivity index (χ2n) is 5.04. The molecule has 0 saturated heterocycles. The predicted molar refractivity (Wildman–Crippen MR) is 79.2 cm³/mol. The molecular formula is C17H19NO2. The number of rotatable bonds is 4. The van der Waals surface area contributed by atoms with Gasteiger partial charge in [0.15, 0.2) is 11.5 Å². The molecule has 2 aromatic carbocycles. The van der Waals surface area contributed by atoms with Crippen molar-refractivity contribution in [2.75, 3.05) is 13.2 Å². The summed E-state index contributed by atoms with van der Waals surface area (Å²) in [6.45, 7) is 3.52. The Morgan fingerprint density at radius 2 is 1.75 bits per heavy atom. The molecule has 1 aliphatic heterocycles. The topological polar surface area (TPSA) is 30.5 Å². The number of para-hydroxylation sites is 2. The minimum atomic E-state index is 0.0519. The van der Waals surface area contributed by atoms with Gasteiger partial charge in [-0.25, -0.2) is 0 Å². The van der Waals surface area contributed by atoms with Gasteiger partial charge in [-0.05, 0) is 24.6 Å². The highest BCUT2D eigenvalue weighted by molar-refractivity contribution is 5.40. The van der Waals surface area contributed by atoms with E-state index in [2.05, 4.69) is 36.5 Å². The average molecular weight is 269 g/mol. The van der Waals surface area contributed by atoms with Crippen LogP contribution in [-0.2, 0) is 0 Å². The summed E-state index contributed by atoms with van der Waals surface area (Å²) in [5.41, 5.74) is 1.28. The van der Waals surface area contributed by atoms with Crippen LogP contribution in [-0.4, -0.2) is 19.3 Å². The van der Waals surface area contributed by atoms with Crippen LogP contribution in [0.2, 0.25) is 0 Å². The molecule has 0 radical (unpaired) electrons. The Balaban J connectivity index is 1.55. The third-order valence-corrected chi connectivity index (χ3v) is 3.52. The number of fused-ring (bicyclic) bond motifs is 1. The lowest BCUT2D eigenvalue weighted by molar-refractivity contribution is 0.0886. The Hall–Kier alpha value is -2.00. The largest absolute Gasteiger partial charge is 0.486 e. The van der Waals surface area contributed by atoms with E-state index in [9.17, 15) is 0 Å². The first-order valence-corrected chi connectivity index (χ1v) is 7.00. The summed E-state index contributed by atoms with van der Waals surface area (Å²) in [6, 6.07) is 18.5. The van der Waals surface area contributed by atoms with Gasteiger partial charge in [0.05, 0.1) is 0 Å². The Bertz CT molecular complexity index is 556. The van der Waals surface area contributed by atoms with E-state index in [1.54, 1.807) is 0 Å². The van der Waals surface area contributed by atoms with Gasteiger partial charge in [0.25, 0.3) is 0 Å². The Morgan fingerprint density at radius 3 is 2.55 bits per heavy atom. The van der Waals surface area contributed by atoms with E-state index < -0.39 is 0 Å². The van der Waals surface area contributed by atoms with Crippen LogP contribution in [0.1, 0.15) is 18.5 Å². The maximum atomic E-state index is 5.93. The van der Waals surface area contributed by atoms with Gasteiger partial charge in [-0.3, -0.25) is 0 Å². The van der Waals surface area contributed by atoms with Crippen LogP contribution in [0.3, 0.4) is 0 Å². The standard InChI is InChI=1S/C17H19NO2/c1-13(14-7-3-2-4-8-14)18-11-15-12-19-16-9-5-6-10-17(16)20-15/h2-10,13,15,18H,11-12H2,1H3/t13-,15?/m1/s1. The minimum Gasteiger partial charge on any atom is -0.486 e. The normalized spacial score (nSPS) is 18.6. The molecule has 0 bridgehead atoms. The monoisotopic (exact) mass is 269 g/mol. The fourth-order valence-corrected chi connectivity index (χ4v) is 2.33. The lowest BCUT2D eigenvalue weighted by atomic mass is 10.1. The van der Waals surface area contributed by atoms with E-state index in [1.165, 1.54) is 5.56 Å². The first kappa shape index (κ1) is 13.0. The number of ether oxygens (including phenoxy) is 2. The summed E-state index contributed by atoms with van der Waals surface area (Å²) >= 11 is 0. The van der Waals surface area contributed by atoms with Gasteiger partial charge >= 0.3 is 0 Å². The van der Waals surface area contributed by atoms with E-state index in [0.717, 1.165) is 18.0 Å².